The van der Waals surface area contributed by atoms with Crippen molar-refractivity contribution in [1.29, 1.82) is 0 Å². The van der Waals surface area contributed by atoms with Crippen molar-refractivity contribution in [2.45, 2.75) is 4.90 Å². The molecule has 0 spiro atoms. The van der Waals surface area contributed by atoms with Crippen molar-refractivity contribution in [1.82, 2.24) is 5.43 Å². The number of nitrogens with zero attached hydrogens (tertiary/aromatic N) is 1. The lowest BCUT2D eigenvalue weighted by atomic mass is 10.2. The monoisotopic (exact) mass is 350 g/mol. The molecule has 0 aliphatic heterocycles. The van der Waals surface area contributed by atoms with Gasteiger partial charge in [0.1, 0.15) is 11.5 Å². The first-order valence-electron chi connectivity index (χ1n) is 6.66. The third-order valence-corrected chi connectivity index (χ3v) is 4.08. The highest BCUT2D eigenvalue weighted by atomic mass is 35.5. The lowest BCUT2D eigenvalue weighted by Crippen LogP contribution is -2.19. The van der Waals surface area contributed by atoms with Gasteiger partial charge in [0.2, 0.25) is 5.91 Å². The Bertz CT molecular complexity index is 705. The predicted octanol–water partition coefficient (Wildman–Crippen LogP) is 3.30. The van der Waals surface area contributed by atoms with Crippen LogP contribution < -0.4 is 10.2 Å². The number of carbonyl (C=O) groups is 1. The zero-order valence-electron chi connectivity index (χ0n) is 12.3. The van der Waals surface area contributed by atoms with Crippen molar-refractivity contribution >= 4 is 35.5 Å². The number of phenols is 1. The van der Waals surface area contributed by atoms with Crippen LogP contribution >= 0.6 is 23.4 Å². The van der Waals surface area contributed by atoms with E-state index in [0.717, 1.165) is 4.90 Å². The minimum absolute atomic E-state index is 0.0549. The molecule has 0 saturated carbocycles. The number of phenolic OH excluding ortho intramolecular Hbond substituents is 1. The predicted molar refractivity (Wildman–Crippen MR) is 92.6 cm³/mol. The molecule has 5 nitrogen and oxygen atoms in total. The third-order valence-electron chi connectivity index (χ3n) is 2.81. The minimum Gasteiger partial charge on any atom is -0.507 e. The summed E-state index contributed by atoms with van der Waals surface area (Å²) in [6.45, 7) is 0. The zero-order valence-corrected chi connectivity index (χ0v) is 13.9. The molecule has 0 fully saturated rings. The second-order valence-electron chi connectivity index (χ2n) is 4.46. The molecular weight excluding hydrogens is 336 g/mol. The quantitative estimate of drug-likeness (QED) is 0.476. The second kappa shape index (κ2) is 8.45. The Balaban J connectivity index is 1.85. The average Bonchev–Trinajstić information content (AvgIpc) is 2.56. The van der Waals surface area contributed by atoms with Crippen LogP contribution in [0.25, 0.3) is 0 Å². The largest absolute Gasteiger partial charge is 0.507 e. The number of hydrogen-bond donors (Lipinski definition) is 2. The fourth-order valence-electron chi connectivity index (χ4n) is 1.65. The molecular formula is C16H15ClN2O3S. The van der Waals surface area contributed by atoms with Crippen LogP contribution in [-0.4, -0.2) is 30.1 Å². The number of nitrogens with one attached hydrogen (secondary N) is 1. The standard InChI is InChI=1S/C16H15ClN2O3S/c1-22-13-4-7-15(20)11(8-13)9-18-19-16(21)10-23-14-5-2-12(17)3-6-14/h2-9,20H,10H2,1H3,(H,19,21)/b18-9+. The van der Waals surface area contributed by atoms with Crippen LogP contribution in [0.3, 0.4) is 0 Å². The molecule has 0 aromatic heterocycles. The highest BCUT2D eigenvalue weighted by molar-refractivity contribution is 8.00. The van der Waals surface area contributed by atoms with Gasteiger partial charge >= 0.3 is 0 Å². The number of thioether (sulfide) groups is 1. The molecule has 23 heavy (non-hydrogen) atoms. The van der Waals surface area contributed by atoms with Crippen molar-refractivity contribution < 1.29 is 14.6 Å². The molecule has 0 atom stereocenters. The fourth-order valence-corrected chi connectivity index (χ4v) is 2.47. The van der Waals surface area contributed by atoms with Crippen molar-refractivity contribution in [2.75, 3.05) is 12.9 Å². The summed E-state index contributed by atoms with van der Waals surface area (Å²) in [5.74, 6) is 0.625. The smallest absolute Gasteiger partial charge is 0.250 e. The molecule has 120 valence electrons. The second-order valence-corrected chi connectivity index (χ2v) is 5.95. The Morgan fingerprint density at radius 1 is 1.35 bits per heavy atom. The molecule has 2 aromatic rings. The summed E-state index contributed by atoms with van der Waals surface area (Å²) >= 11 is 7.18. The van der Waals surface area contributed by atoms with Gasteiger partial charge in [0, 0.05) is 15.5 Å². The molecule has 7 heteroatoms. The molecule has 0 heterocycles. The molecule has 0 unspecified atom stereocenters. The number of aromatic hydroxyl groups is 1. The highest BCUT2D eigenvalue weighted by Crippen LogP contribution is 2.21. The van der Waals surface area contributed by atoms with Crippen molar-refractivity contribution in [3.63, 3.8) is 0 Å². The van der Waals surface area contributed by atoms with Crippen LogP contribution in [0.2, 0.25) is 5.02 Å². The summed E-state index contributed by atoms with van der Waals surface area (Å²) in [5, 5.41) is 14.2. The van der Waals surface area contributed by atoms with E-state index in [2.05, 4.69) is 10.5 Å². The number of ether oxygens (including phenoxy) is 1. The van der Waals surface area contributed by atoms with E-state index in [4.69, 9.17) is 16.3 Å². The summed E-state index contributed by atoms with van der Waals surface area (Å²) < 4.78 is 5.06. The number of methoxy groups -OCH3 is 1. The van der Waals surface area contributed by atoms with Crippen LogP contribution in [-0.2, 0) is 4.79 Å². The summed E-state index contributed by atoms with van der Waals surface area (Å²) in [7, 11) is 1.53. The van der Waals surface area contributed by atoms with Gasteiger partial charge in [-0.1, -0.05) is 11.6 Å². The van der Waals surface area contributed by atoms with E-state index in [1.54, 1.807) is 24.3 Å². The molecule has 0 bridgehead atoms. The molecule has 2 N–H and O–H groups in total. The van der Waals surface area contributed by atoms with E-state index >= 15 is 0 Å². The number of carbonyl (C=O) groups excluding carboxylic acids is 1. The lowest BCUT2D eigenvalue weighted by Gasteiger charge is -2.03. The Labute approximate surface area is 143 Å². The lowest BCUT2D eigenvalue weighted by molar-refractivity contribution is -0.118. The molecule has 0 saturated heterocycles. The maximum Gasteiger partial charge on any atom is 0.250 e. The number of halogens is 1. The Morgan fingerprint density at radius 2 is 2.09 bits per heavy atom. The van der Waals surface area contributed by atoms with Gasteiger partial charge in [-0.3, -0.25) is 4.79 Å². The number of hydrazone groups is 1. The molecule has 1 amide bonds. The van der Waals surface area contributed by atoms with Gasteiger partial charge in [0.25, 0.3) is 0 Å². The van der Waals surface area contributed by atoms with Crippen molar-refractivity contribution in [2.24, 2.45) is 5.10 Å². The van der Waals surface area contributed by atoms with Gasteiger partial charge in [-0.25, -0.2) is 5.43 Å². The number of rotatable bonds is 6. The van der Waals surface area contributed by atoms with E-state index in [1.807, 2.05) is 12.1 Å². The first kappa shape index (κ1) is 17.2. The van der Waals surface area contributed by atoms with Gasteiger partial charge in [-0.05, 0) is 42.5 Å². The van der Waals surface area contributed by atoms with Gasteiger partial charge < -0.3 is 9.84 Å². The molecule has 2 rings (SSSR count). The summed E-state index contributed by atoms with van der Waals surface area (Å²) in [4.78, 5) is 12.7. The van der Waals surface area contributed by atoms with Gasteiger partial charge in [-0.15, -0.1) is 11.8 Å². The van der Waals surface area contributed by atoms with Crippen molar-refractivity contribution in [3.05, 3.63) is 53.1 Å². The van der Waals surface area contributed by atoms with Gasteiger partial charge in [0.05, 0.1) is 19.1 Å². The first-order chi connectivity index (χ1) is 11.1. The normalized spacial score (nSPS) is 10.7. The average molecular weight is 351 g/mol. The van der Waals surface area contributed by atoms with E-state index in [1.165, 1.54) is 31.2 Å². The van der Waals surface area contributed by atoms with E-state index in [9.17, 15) is 9.90 Å². The van der Waals surface area contributed by atoms with Crippen molar-refractivity contribution in [3.8, 4) is 11.5 Å². The van der Waals surface area contributed by atoms with Gasteiger partial charge in [-0.2, -0.15) is 5.10 Å². The van der Waals surface area contributed by atoms with Crippen LogP contribution in [0.15, 0.2) is 52.5 Å². The molecule has 0 radical (unpaired) electrons. The van der Waals surface area contributed by atoms with Crippen LogP contribution in [0.1, 0.15) is 5.56 Å². The van der Waals surface area contributed by atoms with E-state index in [-0.39, 0.29) is 17.4 Å². The number of benzene rings is 2. The van der Waals surface area contributed by atoms with E-state index < -0.39 is 0 Å². The first-order valence-corrected chi connectivity index (χ1v) is 8.02. The summed E-state index contributed by atoms with van der Waals surface area (Å²) in [6, 6.07) is 12.0. The zero-order chi connectivity index (χ0) is 16.7. The summed E-state index contributed by atoms with van der Waals surface area (Å²) in [5.41, 5.74) is 2.86. The Morgan fingerprint density at radius 3 is 2.78 bits per heavy atom. The van der Waals surface area contributed by atoms with Crippen LogP contribution in [0, 0.1) is 0 Å². The topological polar surface area (TPSA) is 70.9 Å². The minimum atomic E-state index is -0.247. The molecule has 0 aliphatic rings. The van der Waals surface area contributed by atoms with Crippen LogP contribution in [0.5, 0.6) is 11.5 Å². The summed E-state index contributed by atoms with van der Waals surface area (Å²) in [6.07, 6.45) is 1.36. The van der Waals surface area contributed by atoms with E-state index in [0.29, 0.717) is 16.3 Å². The van der Waals surface area contributed by atoms with Gasteiger partial charge in [0.15, 0.2) is 0 Å². The number of amides is 1. The third kappa shape index (κ3) is 5.50. The molecule has 0 aliphatic carbocycles. The maximum absolute atomic E-state index is 11.7. The SMILES string of the molecule is COc1ccc(O)c(/C=N/NC(=O)CSc2ccc(Cl)cc2)c1. The Hall–Kier alpha value is -2.18. The van der Waals surface area contributed by atoms with Crippen LogP contribution in [0.4, 0.5) is 0 Å². The molecule has 2 aromatic carbocycles. The Kier molecular flexibility index (Phi) is 6.31. The maximum atomic E-state index is 11.7. The highest BCUT2D eigenvalue weighted by Gasteiger charge is 2.03. The fraction of sp³-hybridized carbons (Fsp3) is 0.125. The number of hydrogen-bond acceptors (Lipinski definition) is 5.